The van der Waals surface area contributed by atoms with Gasteiger partial charge in [-0.05, 0) is 23.8 Å². The number of nitrogens with zero attached hydrogens (tertiary/aromatic N) is 4. The van der Waals surface area contributed by atoms with Gasteiger partial charge in [-0.25, -0.2) is 4.98 Å². The third-order valence-corrected chi connectivity index (χ3v) is 3.02. The maximum absolute atomic E-state index is 11.5. The number of furan rings is 1. The molecule has 3 rings (SSSR count). The smallest absolute Gasteiger partial charge is 0.340 e. The van der Waals surface area contributed by atoms with Crippen molar-refractivity contribution in [3.63, 3.8) is 0 Å². The van der Waals surface area contributed by atoms with Crippen molar-refractivity contribution >= 4 is 17.5 Å². The van der Waals surface area contributed by atoms with E-state index in [1.165, 1.54) is 6.26 Å². The van der Waals surface area contributed by atoms with Gasteiger partial charge in [0, 0.05) is 18.9 Å². The minimum Gasteiger partial charge on any atom is -0.462 e. The van der Waals surface area contributed by atoms with Gasteiger partial charge >= 0.3 is 5.69 Å². The van der Waals surface area contributed by atoms with Crippen molar-refractivity contribution in [3.05, 3.63) is 58.6 Å². The second kappa shape index (κ2) is 6.10. The topological polar surface area (TPSA) is 133 Å². The molecule has 0 atom stereocenters. The molecule has 0 radical (unpaired) electrons. The van der Waals surface area contributed by atoms with Crippen LogP contribution in [-0.4, -0.2) is 19.9 Å². The molecule has 0 bridgehead atoms. The van der Waals surface area contributed by atoms with Crippen molar-refractivity contribution in [3.8, 4) is 11.5 Å². The van der Waals surface area contributed by atoms with Crippen LogP contribution in [0.4, 0.5) is 17.5 Å². The molecule has 0 aliphatic heterocycles. The first kappa shape index (κ1) is 14.4. The van der Waals surface area contributed by atoms with Gasteiger partial charge in [0.05, 0.1) is 11.2 Å². The molecule has 0 saturated heterocycles. The number of nitrogens with one attached hydrogen (secondary N) is 1. The molecule has 0 aromatic carbocycles. The van der Waals surface area contributed by atoms with Gasteiger partial charge < -0.3 is 15.5 Å². The zero-order chi connectivity index (χ0) is 16.2. The van der Waals surface area contributed by atoms with E-state index < -0.39 is 4.92 Å². The fourth-order valence-electron chi connectivity index (χ4n) is 2.04. The molecule has 0 aliphatic rings. The number of pyridine rings is 1. The fraction of sp³-hybridized carbons (Fsp3) is 0.0714. The van der Waals surface area contributed by atoms with E-state index in [1.807, 2.05) is 6.07 Å². The van der Waals surface area contributed by atoms with Crippen LogP contribution in [0, 0.1) is 10.1 Å². The number of nitrogens with two attached hydrogens (primary N) is 1. The second-order valence-electron chi connectivity index (χ2n) is 4.58. The summed E-state index contributed by atoms with van der Waals surface area (Å²) < 4.78 is 5.20. The summed E-state index contributed by atoms with van der Waals surface area (Å²) in [6, 6.07) is 6.79. The summed E-state index contributed by atoms with van der Waals surface area (Å²) in [7, 11) is 0. The van der Waals surface area contributed by atoms with Gasteiger partial charge in [0.25, 0.3) is 0 Å². The van der Waals surface area contributed by atoms with Crippen molar-refractivity contribution in [1.29, 1.82) is 0 Å². The molecule has 0 saturated carbocycles. The molecule has 9 nitrogen and oxygen atoms in total. The quantitative estimate of drug-likeness (QED) is 0.541. The highest BCUT2D eigenvalue weighted by Gasteiger charge is 2.26. The van der Waals surface area contributed by atoms with Crippen LogP contribution in [0.25, 0.3) is 11.5 Å². The summed E-state index contributed by atoms with van der Waals surface area (Å²) in [4.78, 5) is 22.7. The first-order valence-electron chi connectivity index (χ1n) is 6.63. The molecule has 3 N–H and O–H groups in total. The van der Waals surface area contributed by atoms with Crippen molar-refractivity contribution in [2.45, 2.75) is 6.54 Å². The van der Waals surface area contributed by atoms with Crippen molar-refractivity contribution in [2.24, 2.45) is 0 Å². The van der Waals surface area contributed by atoms with Gasteiger partial charge in [0.15, 0.2) is 11.5 Å². The molecule has 0 aliphatic carbocycles. The number of nitro groups is 1. The van der Waals surface area contributed by atoms with Gasteiger partial charge in [-0.3, -0.25) is 15.1 Å². The normalized spacial score (nSPS) is 10.4. The summed E-state index contributed by atoms with van der Waals surface area (Å²) in [6.45, 7) is 0.308. The Morgan fingerprint density at radius 1 is 1.30 bits per heavy atom. The average Bonchev–Trinajstić information content (AvgIpc) is 3.07. The minimum absolute atomic E-state index is 0.0257. The highest BCUT2D eigenvalue weighted by molar-refractivity contribution is 5.75. The summed E-state index contributed by atoms with van der Waals surface area (Å²) in [5.74, 6) is 0.184. The first-order chi connectivity index (χ1) is 11.1. The van der Waals surface area contributed by atoms with E-state index in [1.54, 1.807) is 30.6 Å². The van der Waals surface area contributed by atoms with E-state index in [0.717, 1.165) is 5.56 Å². The Hall–Kier alpha value is -3.49. The van der Waals surface area contributed by atoms with Crippen LogP contribution < -0.4 is 11.1 Å². The maximum Gasteiger partial charge on any atom is 0.340 e. The Labute approximate surface area is 130 Å². The molecule has 0 fully saturated rings. The average molecular weight is 312 g/mol. The van der Waals surface area contributed by atoms with Crippen LogP contribution in [0.2, 0.25) is 0 Å². The lowest BCUT2D eigenvalue weighted by molar-refractivity contribution is -0.383. The SMILES string of the molecule is Nc1nc(NCc2cccnc2)c([N+](=O)[O-])c(-c2ccco2)n1. The van der Waals surface area contributed by atoms with E-state index >= 15 is 0 Å². The molecule has 0 spiro atoms. The van der Waals surface area contributed by atoms with Crippen LogP contribution >= 0.6 is 0 Å². The zero-order valence-corrected chi connectivity index (χ0v) is 11.8. The third kappa shape index (κ3) is 3.07. The Balaban J connectivity index is 2.00. The summed E-state index contributed by atoms with van der Waals surface area (Å²) in [5.41, 5.74) is 6.25. The summed E-state index contributed by atoms with van der Waals surface area (Å²) in [6.07, 6.45) is 4.69. The van der Waals surface area contributed by atoms with Gasteiger partial charge in [-0.15, -0.1) is 0 Å². The molecular formula is C14H12N6O3. The zero-order valence-electron chi connectivity index (χ0n) is 11.8. The highest BCUT2D eigenvalue weighted by atomic mass is 16.6. The minimum atomic E-state index is -0.567. The summed E-state index contributed by atoms with van der Waals surface area (Å²) >= 11 is 0. The number of anilines is 2. The third-order valence-electron chi connectivity index (χ3n) is 3.02. The fourth-order valence-corrected chi connectivity index (χ4v) is 2.04. The molecule has 3 aromatic heterocycles. The van der Waals surface area contributed by atoms with Crippen molar-refractivity contribution in [2.75, 3.05) is 11.1 Å². The first-order valence-corrected chi connectivity index (χ1v) is 6.63. The number of hydrogen-bond acceptors (Lipinski definition) is 8. The molecule has 23 heavy (non-hydrogen) atoms. The molecule has 116 valence electrons. The second-order valence-corrected chi connectivity index (χ2v) is 4.58. The van der Waals surface area contributed by atoms with E-state index in [0.29, 0.717) is 6.54 Å². The van der Waals surface area contributed by atoms with E-state index in [-0.39, 0.29) is 28.9 Å². The summed E-state index contributed by atoms with van der Waals surface area (Å²) in [5, 5.41) is 14.4. The van der Waals surface area contributed by atoms with Crippen LogP contribution in [0.15, 0.2) is 47.3 Å². The van der Waals surface area contributed by atoms with E-state index in [9.17, 15) is 10.1 Å². The van der Waals surface area contributed by atoms with Crippen LogP contribution in [0.5, 0.6) is 0 Å². The largest absolute Gasteiger partial charge is 0.462 e. The lowest BCUT2D eigenvalue weighted by Gasteiger charge is -2.08. The molecule has 0 amide bonds. The number of nitrogen functional groups attached to an aromatic ring is 1. The van der Waals surface area contributed by atoms with Gasteiger partial charge in [0.1, 0.15) is 0 Å². The lowest BCUT2D eigenvalue weighted by Crippen LogP contribution is -2.09. The molecule has 3 aromatic rings. The molecule has 9 heteroatoms. The maximum atomic E-state index is 11.5. The Bertz CT molecular complexity index is 820. The molecule has 3 heterocycles. The lowest BCUT2D eigenvalue weighted by atomic mass is 10.2. The van der Waals surface area contributed by atoms with Crippen molar-refractivity contribution < 1.29 is 9.34 Å². The van der Waals surface area contributed by atoms with Crippen LogP contribution in [0.1, 0.15) is 5.56 Å². The monoisotopic (exact) mass is 312 g/mol. The predicted molar refractivity (Wildman–Crippen MR) is 82.4 cm³/mol. The number of hydrogen-bond donors (Lipinski definition) is 2. The van der Waals surface area contributed by atoms with Crippen LogP contribution in [-0.2, 0) is 6.54 Å². The van der Waals surface area contributed by atoms with Gasteiger partial charge in [-0.1, -0.05) is 6.07 Å². The number of aromatic nitrogens is 3. The van der Waals surface area contributed by atoms with Crippen LogP contribution in [0.3, 0.4) is 0 Å². The van der Waals surface area contributed by atoms with Gasteiger partial charge in [-0.2, -0.15) is 4.98 Å². The van der Waals surface area contributed by atoms with E-state index in [2.05, 4.69) is 20.3 Å². The molecular weight excluding hydrogens is 300 g/mol. The standard InChI is InChI=1S/C14H12N6O3/c15-14-18-11(10-4-2-6-23-10)12(20(21)22)13(19-14)17-8-9-3-1-5-16-7-9/h1-7H,8H2,(H3,15,17,18,19). The van der Waals surface area contributed by atoms with Crippen molar-refractivity contribution in [1.82, 2.24) is 15.0 Å². The predicted octanol–water partition coefficient (Wildman–Crippen LogP) is 2.23. The Morgan fingerprint density at radius 2 is 2.17 bits per heavy atom. The highest BCUT2D eigenvalue weighted by Crippen LogP contribution is 2.34. The Morgan fingerprint density at radius 3 is 2.83 bits per heavy atom. The van der Waals surface area contributed by atoms with E-state index in [4.69, 9.17) is 10.2 Å². The number of rotatable bonds is 5. The Kier molecular flexibility index (Phi) is 3.83. The molecule has 0 unspecified atom stereocenters. The van der Waals surface area contributed by atoms with Gasteiger partial charge in [0.2, 0.25) is 11.8 Å².